The summed E-state index contributed by atoms with van der Waals surface area (Å²) in [5, 5.41) is 4.03. The summed E-state index contributed by atoms with van der Waals surface area (Å²) in [7, 11) is 0. The second-order valence-corrected chi connectivity index (χ2v) is 9.42. The molecule has 33 heavy (non-hydrogen) atoms. The summed E-state index contributed by atoms with van der Waals surface area (Å²) < 4.78 is 12.1. The first kappa shape index (κ1) is 24.1. The van der Waals surface area contributed by atoms with Crippen LogP contribution in [0.2, 0.25) is 5.28 Å². The summed E-state index contributed by atoms with van der Waals surface area (Å²) in [6.07, 6.45) is 7.60. The molecule has 0 saturated carbocycles. The number of hydrogen-bond acceptors (Lipinski definition) is 6. The molecule has 1 aliphatic carbocycles. The molecule has 1 aliphatic heterocycles. The fourth-order valence-corrected chi connectivity index (χ4v) is 5.05. The average Bonchev–Trinajstić information content (AvgIpc) is 3.29. The van der Waals surface area contributed by atoms with E-state index in [4.69, 9.17) is 21.1 Å². The van der Waals surface area contributed by atoms with Gasteiger partial charge < -0.3 is 14.8 Å². The first-order valence-electron chi connectivity index (χ1n) is 12.6. The van der Waals surface area contributed by atoms with Gasteiger partial charge in [-0.1, -0.05) is 19.9 Å². The smallest absolute Gasteiger partial charge is 0.224 e. The van der Waals surface area contributed by atoms with Crippen LogP contribution < -0.4 is 14.8 Å². The molecule has 1 saturated heterocycles. The number of aryl methyl sites for hydroxylation is 1. The van der Waals surface area contributed by atoms with E-state index in [-0.39, 0.29) is 6.10 Å². The largest absolute Gasteiger partial charge is 0.490 e. The third-order valence-corrected chi connectivity index (χ3v) is 6.92. The van der Waals surface area contributed by atoms with Gasteiger partial charge >= 0.3 is 0 Å². The minimum absolute atomic E-state index is 0.229. The molecule has 7 heteroatoms. The fraction of sp³-hybridized carbons (Fsp3) is 0.615. The van der Waals surface area contributed by atoms with Gasteiger partial charge in [-0.3, -0.25) is 4.90 Å². The number of anilines is 1. The highest BCUT2D eigenvalue weighted by molar-refractivity contribution is 6.28. The maximum atomic E-state index is 6.19. The number of ether oxygens (including phenoxy) is 2. The second-order valence-electron chi connectivity index (χ2n) is 9.09. The zero-order chi connectivity index (χ0) is 23.2. The topological polar surface area (TPSA) is 59.5 Å². The molecule has 0 atom stereocenters. The molecule has 6 nitrogen and oxygen atoms in total. The second kappa shape index (κ2) is 11.4. The normalized spacial score (nSPS) is 16.8. The van der Waals surface area contributed by atoms with Crippen LogP contribution in [0.5, 0.6) is 11.5 Å². The van der Waals surface area contributed by atoms with Gasteiger partial charge in [0.25, 0.3) is 0 Å². The Hall–Kier alpha value is -2.05. The van der Waals surface area contributed by atoms with E-state index >= 15 is 0 Å². The molecule has 0 radical (unpaired) electrons. The SMILES string of the molecule is CCOc1cc(CN2CCC(Nc3nc(Cl)nc4c3CCC4)CC2)ccc1OC(CC)CC. The zero-order valence-corrected chi connectivity index (χ0v) is 21.0. The van der Waals surface area contributed by atoms with Crippen molar-refractivity contribution in [1.29, 1.82) is 0 Å². The molecule has 0 bridgehead atoms. The molecule has 1 aromatic heterocycles. The number of nitrogens with one attached hydrogen (secondary N) is 1. The van der Waals surface area contributed by atoms with Crippen LogP contribution >= 0.6 is 11.6 Å². The number of piperidine rings is 1. The van der Waals surface area contributed by atoms with E-state index in [1.54, 1.807) is 0 Å². The summed E-state index contributed by atoms with van der Waals surface area (Å²) in [6, 6.07) is 6.83. The summed E-state index contributed by atoms with van der Waals surface area (Å²) >= 11 is 6.16. The van der Waals surface area contributed by atoms with Gasteiger partial charge in [0.15, 0.2) is 11.5 Å². The van der Waals surface area contributed by atoms with Gasteiger partial charge in [-0.25, -0.2) is 9.97 Å². The molecular formula is C26H37ClN4O2. The van der Waals surface area contributed by atoms with Gasteiger partial charge in [0.2, 0.25) is 5.28 Å². The van der Waals surface area contributed by atoms with Gasteiger partial charge in [0, 0.05) is 31.2 Å². The van der Waals surface area contributed by atoms with Gasteiger partial charge in [-0.15, -0.1) is 0 Å². The van der Waals surface area contributed by atoms with Crippen LogP contribution in [-0.2, 0) is 19.4 Å². The van der Waals surface area contributed by atoms with E-state index in [2.05, 4.69) is 52.2 Å². The summed E-state index contributed by atoms with van der Waals surface area (Å²) in [6.45, 7) is 10.0. The molecule has 2 aromatic rings. The van der Waals surface area contributed by atoms with Crippen molar-refractivity contribution in [2.24, 2.45) is 0 Å². The highest BCUT2D eigenvalue weighted by Gasteiger charge is 2.24. The number of rotatable bonds is 10. The van der Waals surface area contributed by atoms with E-state index < -0.39 is 0 Å². The van der Waals surface area contributed by atoms with Crippen molar-refractivity contribution >= 4 is 17.4 Å². The van der Waals surface area contributed by atoms with Crippen LogP contribution in [0.15, 0.2) is 18.2 Å². The lowest BCUT2D eigenvalue weighted by atomic mass is 10.0. The number of hydrogen-bond donors (Lipinski definition) is 1. The molecule has 180 valence electrons. The molecule has 4 rings (SSSR count). The summed E-state index contributed by atoms with van der Waals surface area (Å²) in [4.78, 5) is 11.4. The van der Waals surface area contributed by atoms with Crippen LogP contribution in [0.1, 0.15) is 69.7 Å². The molecule has 1 fully saturated rings. The molecule has 0 amide bonds. The van der Waals surface area contributed by atoms with Crippen LogP contribution in [-0.4, -0.2) is 46.7 Å². The Morgan fingerprint density at radius 1 is 1.09 bits per heavy atom. The Kier molecular flexibility index (Phi) is 8.31. The van der Waals surface area contributed by atoms with Crippen LogP contribution in [0.3, 0.4) is 0 Å². The van der Waals surface area contributed by atoms with Crippen molar-refractivity contribution in [3.63, 3.8) is 0 Å². The third kappa shape index (κ3) is 6.10. The van der Waals surface area contributed by atoms with E-state index in [1.807, 2.05) is 6.92 Å². The van der Waals surface area contributed by atoms with Gasteiger partial charge in [0.05, 0.1) is 18.4 Å². The monoisotopic (exact) mass is 472 g/mol. The lowest BCUT2D eigenvalue weighted by molar-refractivity contribution is 0.181. The van der Waals surface area contributed by atoms with Crippen molar-refractivity contribution in [2.75, 3.05) is 25.0 Å². The van der Waals surface area contributed by atoms with Crippen LogP contribution in [0, 0.1) is 0 Å². The number of benzene rings is 1. The maximum Gasteiger partial charge on any atom is 0.224 e. The summed E-state index contributed by atoms with van der Waals surface area (Å²) in [5.74, 6) is 2.66. The number of fused-ring (bicyclic) bond motifs is 1. The van der Waals surface area contributed by atoms with Gasteiger partial charge in [-0.05, 0) is 81.2 Å². The third-order valence-electron chi connectivity index (χ3n) is 6.75. The van der Waals surface area contributed by atoms with Crippen molar-refractivity contribution in [2.45, 2.75) is 84.4 Å². The van der Waals surface area contributed by atoms with Crippen molar-refractivity contribution in [3.05, 3.63) is 40.3 Å². The Morgan fingerprint density at radius 2 is 1.88 bits per heavy atom. The Labute approximate surface area is 203 Å². The average molecular weight is 473 g/mol. The molecule has 1 aromatic carbocycles. The lowest BCUT2D eigenvalue weighted by Gasteiger charge is -2.33. The number of halogens is 1. The Morgan fingerprint density at radius 3 is 2.61 bits per heavy atom. The van der Waals surface area contributed by atoms with Gasteiger partial charge in [-0.2, -0.15) is 0 Å². The highest BCUT2D eigenvalue weighted by Crippen LogP contribution is 2.32. The molecule has 2 heterocycles. The minimum atomic E-state index is 0.229. The van der Waals surface area contributed by atoms with Crippen molar-refractivity contribution in [3.8, 4) is 11.5 Å². The first-order valence-corrected chi connectivity index (χ1v) is 12.9. The lowest BCUT2D eigenvalue weighted by Crippen LogP contribution is -2.39. The Balaban J connectivity index is 1.34. The van der Waals surface area contributed by atoms with Gasteiger partial charge in [0.1, 0.15) is 5.82 Å². The predicted molar refractivity (Wildman–Crippen MR) is 134 cm³/mol. The molecule has 2 aliphatic rings. The minimum Gasteiger partial charge on any atom is -0.490 e. The quantitative estimate of drug-likeness (QED) is 0.450. The van der Waals surface area contributed by atoms with E-state index in [1.165, 1.54) is 11.1 Å². The Bertz CT molecular complexity index is 927. The standard InChI is InChI=1S/C26H37ClN4O2/c1-4-20(5-2)33-23-11-10-18(16-24(23)32-6-3)17-31-14-12-19(13-15-31)28-25-21-8-7-9-22(21)29-26(27)30-25/h10-11,16,19-20H,4-9,12-15,17H2,1-3H3,(H,28,29,30). The first-order chi connectivity index (χ1) is 16.1. The van der Waals surface area contributed by atoms with Crippen molar-refractivity contribution in [1.82, 2.24) is 14.9 Å². The molecule has 0 spiro atoms. The number of aromatic nitrogens is 2. The van der Waals surface area contributed by atoms with Crippen LogP contribution in [0.25, 0.3) is 0 Å². The predicted octanol–water partition coefficient (Wildman–Crippen LogP) is 5.66. The number of nitrogens with zero attached hydrogens (tertiary/aromatic N) is 3. The van der Waals surface area contributed by atoms with Crippen LogP contribution in [0.4, 0.5) is 5.82 Å². The number of likely N-dealkylation sites (tertiary alicyclic amines) is 1. The van der Waals surface area contributed by atoms with E-state index in [0.29, 0.717) is 17.9 Å². The molecule has 1 N–H and O–H groups in total. The summed E-state index contributed by atoms with van der Waals surface area (Å²) in [5.41, 5.74) is 3.65. The fourth-order valence-electron chi connectivity index (χ4n) is 4.86. The molecule has 0 unspecified atom stereocenters. The zero-order valence-electron chi connectivity index (χ0n) is 20.2. The van der Waals surface area contributed by atoms with E-state index in [9.17, 15) is 0 Å². The maximum absolute atomic E-state index is 6.19. The van der Waals surface area contributed by atoms with Crippen molar-refractivity contribution < 1.29 is 9.47 Å². The van der Waals surface area contributed by atoms with E-state index in [0.717, 1.165) is 87.6 Å². The highest BCUT2D eigenvalue weighted by atomic mass is 35.5. The molecular weight excluding hydrogens is 436 g/mol.